The molecule has 0 bridgehead atoms. The lowest BCUT2D eigenvalue weighted by molar-refractivity contribution is -0.147. The van der Waals surface area contributed by atoms with Gasteiger partial charge in [-0.15, -0.1) is 11.3 Å². The summed E-state index contributed by atoms with van der Waals surface area (Å²) in [6.07, 6.45) is 4.75. The number of thiophene rings is 1. The molecule has 100 valence electrons. The van der Waals surface area contributed by atoms with Gasteiger partial charge >= 0.3 is 5.97 Å². The average Bonchev–Trinajstić information content (AvgIpc) is 3.01. The molecular weight excluding hydrogens is 246 g/mol. The molecule has 1 aliphatic carbocycles. The van der Waals surface area contributed by atoms with Gasteiger partial charge in [-0.2, -0.15) is 0 Å². The topological polar surface area (TPSA) is 38.3 Å². The van der Waals surface area contributed by atoms with Crippen molar-refractivity contribution in [1.29, 1.82) is 0 Å². The molecule has 1 aromatic rings. The van der Waals surface area contributed by atoms with Crippen molar-refractivity contribution < 1.29 is 9.53 Å². The normalized spacial score (nSPS) is 17.8. The zero-order valence-corrected chi connectivity index (χ0v) is 11.7. The van der Waals surface area contributed by atoms with Crippen LogP contribution in [0.1, 0.15) is 37.5 Å². The standard InChI is InChI=1S/C14H21NO2S/c1-2-17-14(16)13(11-6-3-4-7-11)15-10-12-8-5-9-18-12/h5,8-9,11,13,15H,2-4,6-7,10H2,1H3. The molecule has 1 heterocycles. The first-order chi connectivity index (χ1) is 8.81. The number of carbonyl (C=O) groups excluding carboxylic acids is 1. The van der Waals surface area contributed by atoms with Gasteiger partial charge in [-0.1, -0.05) is 18.9 Å². The fourth-order valence-corrected chi connectivity index (χ4v) is 3.24. The van der Waals surface area contributed by atoms with Crippen LogP contribution in [-0.4, -0.2) is 18.6 Å². The highest BCUT2D eigenvalue weighted by molar-refractivity contribution is 7.09. The van der Waals surface area contributed by atoms with Crippen molar-refractivity contribution in [2.24, 2.45) is 5.92 Å². The van der Waals surface area contributed by atoms with Crippen LogP contribution in [0.5, 0.6) is 0 Å². The van der Waals surface area contributed by atoms with Gasteiger partial charge in [0.15, 0.2) is 0 Å². The van der Waals surface area contributed by atoms with Gasteiger partial charge in [0.05, 0.1) is 6.61 Å². The van der Waals surface area contributed by atoms with E-state index in [9.17, 15) is 4.79 Å². The van der Waals surface area contributed by atoms with E-state index in [1.54, 1.807) is 11.3 Å². The maximum Gasteiger partial charge on any atom is 0.323 e. The van der Waals surface area contributed by atoms with Crippen LogP contribution in [0.3, 0.4) is 0 Å². The number of hydrogen-bond donors (Lipinski definition) is 1. The number of ether oxygens (including phenoxy) is 1. The van der Waals surface area contributed by atoms with E-state index in [2.05, 4.69) is 16.8 Å². The molecule has 2 rings (SSSR count). The minimum absolute atomic E-state index is 0.0824. The van der Waals surface area contributed by atoms with Crippen LogP contribution >= 0.6 is 11.3 Å². The summed E-state index contributed by atoms with van der Waals surface area (Å²) >= 11 is 1.72. The summed E-state index contributed by atoms with van der Waals surface area (Å²) in [6.45, 7) is 3.09. The molecule has 1 fully saturated rings. The van der Waals surface area contributed by atoms with Gasteiger partial charge in [0.25, 0.3) is 0 Å². The first-order valence-electron chi connectivity index (χ1n) is 6.73. The molecule has 0 aliphatic heterocycles. The van der Waals surface area contributed by atoms with Crippen molar-refractivity contribution >= 4 is 17.3 Å². The summed E-state index contributed by atoms with van der Waals surface area (Å²) in [7, 11) is 0. The highest BCUT2D eigenvalue weighted by Gasteiger charge is 2.31. The van der Waals surface area contributed by atoms with Gasteiger partial charge in [0.2, 0.25) is 0 Å². The Kier molecular flexibility index (Phi) is 5.20. The van der Waals surface area contributed by atoms with E-state index in [0.717, 1.165) is 19.4 Å². The molecule has 1 saturated carbocycles. The lowest BCUT2D eigenvalue weighted by Crippen LogP contribution is -2.42. The molecule has 0 amide bonds. The zero-order valence-electron chi connectivity index (χ0n) is 10.9. The third-order valence-electron chi connectivity index (χ3n) is 3.49. The summed E-state index contributed by atoms with van der Waals surface area (Å²) in [4.78, 5) is 13.3. The van der Waals surface area contributed by atoms with Crippen molar-refractivity contribution in [1.82, 2.24) is 5.32 Å². The number of esters is 1. The first-order valence-corrected chi connectivity index (χ1v) is 7.61. The van der Waals surface area contributed by atoms with Gasteiger partial charge in [-0.05, 0) is 37.1 Å². The van der Waals surface area contributed by atoms with Crippen LogP contribution < -0.4 is 5.32 Å². The molecule has 0 saturated heterocycles. The predicted octanol–water partition coefficient (Wildman–Crippen LogP) is 2.96. The lowest BCUT2D eigenvalue weighted by Gasteiger charge is -2.22. The molecule has 1 aromatic heterocycles. The second-order valence-corrected chi connectivity index (χ2v) is 5.77. The Hall–Kier alpha value is -0.870. The van der Waals surface area contributed by atoms with Crippen LogP contribution in [0.25, 0.3) is 0 Å². The SMILES string of the molecule is CCOC(=O)C(NCc1cccs1)C1CCCC1. The van der Waals surface area contributed by atoms with Gasteiger partial charge < -0.3 is 4.74 Å². The largest absolute Gasteiger partial charge is 0.465 e. The summed E-state index contributed by atoms with van der Waals surface area (Å²) < 4.78 is 5.19. The number of rotatable bonds is 6. The average molecular weight is 267 g/mol. The highest BCUT2D eigenvalue weighted by atomic mass is 32.1. The van der Waals surface area contributed by atoms with E-state index >= 15 is 0 Å². The zero-order chi connectivity index (χ0) is 12.8. The maximum absolute atomic E-state index is 12.0. The quantitative estimate of drug-likeness (QED) is 0.805. The van der Waals surface area contributed by atoms with Gasteiger partial charge in [0.1, 0.15) is 6.04 Å². The minimum atomic E-state index is -0.130. The molecule has 1 N–H and O–H groups in total. The van der Waals surface area contributed by atoms with Gasteiger partial charge in [-0.3, -0.25) is 10.1 Å². The van der Waals surface area contributed by atoms with E-state index in [4.69, 9.17) is 4.74 Å². The Labute approximate surface area is 113 Å². The second kappa shape index (κ2) is 6.90. The van der Waals surface area contributed by atoms with Crippen molar-refractivity contribution in [3.63, 3.8) is 0 Å². The Bertz CT molecular complexity index is 358. The van der Waals surface area contributed by atoms with E-state index in [1.807, 2.05) is 13.0 Å². The third kappa shape index (κ3) is 3.56. The summed E-state index contributed by atoms with van der Waals surface area (Å²) in [5, 5.41) is 5.45. The Balaban J connectivity index is 1.92. The Morgan fingerprint density at radius 2 is 2.33 bits per heavy atom. The summed E-state index contributed by atoms with van der Waals surface area (Å²) in [6, 6.07) is 4.00. The van der Waals surface area contributed by atoms with Gasteiger partial charge in [0, 0.05) is 11.4 Å². The van der Waals surface area contributed by atoms with Crippen LogP contribution in [0, 0.1) is 5.92 Å². The summed E-state index contributed by atoms with van der Waals surface area (Å²) in [5.74, 6) is 0.366. The molecule has 0 spiro atoms. The van der Waals surface area contributed by atoms with E-state index in [0.29, 0.717) is 12.5 Å². The molecule has 4 heteroatoms. The maximum atomic E-state index is 12.0. The smallest absolute Gasteiger partial charge is 0.323 e. The fourth-order valence-electron chi connectivity index (χ4n) is 2.59. The molecule has 1 unspecified atom stereocenters. The molecule has 0 aromatic carbocycles. The van der Waals surface area contributed by atoms with Crippen molar-refractivity contribution in [2.75, 3.05) is 6.61 Å². The molecule has 1 aliphatic rings. The van der Waals surface area contributed by atoms with Crippen LogP contribution in [0.4, 0.5) is 0 Å². The first kappa shape index (κ1) is 13.6. The number of carbonyl (C=O) groups is 1. The fraction of sp³-hybridized carbons (Fsp3) is 0.643. The Morgan fingerprint density at radius 1 is 1.56 bits per heavy atom. The molecule has 3 nitrogen and oxygen atoms in total. The minimum Gasteiger partial charge on any atom is -0.465 e. The van der Waals surface area contributed by atoms with Crippen molar-refractivity contribution in [2.45, 2.75) is 45.2 Å². The van der Waals surface area contributed by atoms with E-state index in [-0.39, 0.29) is 12.0 Å². The van der Waals surface area contributed by atoms with Gasteiger partial charge in [-0.25, -0.2) is 0 Å². The second-order valence-electron chi connectivity index (χ2n) is 4.73. The number of nitrogens with one attached hydrogen (secondary N) is 1. The van der Waals surface area contributed by atoms with Crippen LogP contribution in [0.15, 0.2) is 17.5 Å². The molecule has 1 atom stereocenters. The number of hydrogen-bond acceptors (Lipinski definition) is 4. The van der Waals surface area contributed by atoms with Crippen LogP contribution in [0.2, 0.25) is 0 Å². The van der Waals surface area contributed by atoms with E-state index < -0.39 is 0 Å². The van der Waals surface area contributed by atoms with E-state index in [1.165, 1.54) is 17.7 Å². The molecule has 0 radical (unpaired) electrons. The predicted molar refractivity (Wildman–Crippen MR) is 73.5 cm³/mol. The highest BCUT2D eigenvalue weighted by Crippen LogP contribution is 2.28. The summed E-state index contributed by atoms with van der Waals surface area (Å²) in [5.41, 5.74) is 0. The lowest BCUT2D eigenvalue weighted by atomic mass is 9.98. The molecular formula is C14H21NO2S. The van der Waals surface area contributed by atoms with Crippen molar-refractivity contribution in [3.05, 3.63) is 22.4 Å². The van der Waals surface area contributed by atoms with Crippen molar-refractivity contribution in [3.8, 4) is 0 Å². The molecule has 18 heavy (non-hydrogen) atoms. The Morgan fingerprint density at radius 3 is 2.94 bits per heavy atom. The van der Waals surface area contributed by atoms with Crippen LogP contribution in [-0.2, 0) is 16.1 Å². The third-order valence-corrected chi connectivity index (χ3v) is 4.36. The monoisotopic (exact) mass is 267 g/mol.